The van der Waals surface area contributed by atoms with Crippen molar-refractivity contribution in [3.05, 3.63) is 23.8 Å². The summed E-state index contributed by atoms with van der Waals surface area (Å²) in [6.07, 6.45) is 5.35. The first-order chi connectivity index (χ1) is 16.2. The molecule has 9 nitrogen and oxygen atoms in total. The summed E-state index contributed by atoms with van der Waals surface area (Å²) in [6, 6.07) is 5.58. The first kappa shape index (κ1) is 25.8. The Labute approximate surface area is 201 Å². The summed E-state index contributed by atoms with van der Waals surface area (Å²) < 4.78 is 11.1. The van der Waals surface area contributed by atoms with E-state index >= 15 is 0 Å². The molecule has 2 aliphatic rings. The lowest BCUT2D eigenvalue weighted by atomic mass is 9.94. The third-order valence-electron chi connectivity index (χ3n) is 6.00. The number of carbonyl (C=O) groups excluding carboxylic acids is 2. The van der Waals surface area contributed by atoms with Crippen molar-refractivity contribution in [1.82, 2.24) is 9.80 Å². The molecule has 1 aliphatic carbocycles. The van der Waals surface area contributed by atoms with Gasteiger partial charge in [-0.3, -0.25) is 9.59 Å². The zero-order chi connectivity index (χ0) is 24.7. The highest BCUT2D eigenvalue weighted by Crippen LogP contribution is 2.30. The Morgan fingerprint density at radius 1 is 1.24 bits per heavy atom. The zero-order valence-corrected chi connectivity index (χ0v) is 20.6. The molecular weight excluding hydrogens is 436 g/mol. The molecule has 1 aliphatic heterocycles. The van der Waals surface area contributed by atoms with E-state index in [0.29, 0.717) is 31.1 Å². The topological polar surface area (TPSA) is 118 Å². The lowest BCUT2D eigenvalue weighted by Crippen LogP contribution is -2.45. The van der Waals surface area contributed by atoms with E-state index in [1.54, 1.807) is 21.9 Å². The number of nitrogens with zero attached hydrogens (tertiary/aromatic N) is 3. The van der Waals surface area contributed by atoms with Crippen molar-refractivity contribution in [2.24, 2.45) is 16.1 Å². The number of aliphatic hydroxyl groups excluding tert-OH is 1. The molecular formula is C25H38N4O5. The van der Waals surface area contributed by atoms with E-state index in [2.05, 4.69) is 4.99 Å². The normalized spacial score (nSPS) is 16.5. The predicted octanol–water partition coefficient (Wildman–Crippen LogP) is 2.57. The first-order valence-corrected chi connectivity index (χ1v) is 12.1. The Morgan fingerprint density at radius 3 is 2.65 bits per heavy atom. The molecule has 34 heavy (non-hydrogen) atoms. The van der Waals surface area contributed by atoms with Gasteiger partial charge in [-0.2, -0.15) is 0 Å². The molecule has 0 aromatic heterocycles. The zero-order valence-electron chi connectivity index (χ0n) is 20.6. The smallest absolute Gasteiger partial charge is 0.325 e. The van der Waals surface area contributed by atoms with Gasteiger partial charge in [-0.25, -0.2) is 4.99 Å². The molecule has 188 valence electrons. The summed E-state index contributed by atoms with van der Waals surface area (Å²) in [4.78, 5) is 32.8. The average molecular weight is 475 g/mol. The van der Waals surface area contributed by atoms with E-state index in [4.69, 9.17) is 15.2 Å². The Hall–Kier alpha value is -2.81. The summed E-state index contributed by atoms with van der Waals surface area (Å²) in [5.74, 6) is 0.288. The van der Waals surface area contributed by atoms with Crippen LogP contribution >= 0.6 is 0 Å². The number of carbonyl (C=O) groups is 2. The van der Waals surface area contributed by atoms with E-state index in [1.165, 1.54) is 6.42 Å². The summed E-state index contributed by atoms with van der Waals surface area (Å²) in [7, 11) is 0. The number of esters is 1. The Balaban J connectivity index is 1.57. The van der Waals surface area contributed by atoms with Gasteiger partial charge in [0.2, 0.25) is 0 Å². The molecule has 1 amide bonds. The van der Waals surface area contributed by atoms with Crippen LogP contribution in [-0.2, 0) is 20.9 Å². The van der Waals surface area contributed by atoms with Crippen molar-refractivity contribution in [3.8, 4) is 5.75 Å². The van der Waals surface area contributed by atoms with E-state index in [-0.39, 0.29) is 49.1 Å². The number of hydrogen-bond donors (Lipinski definition) is 2. The van der Waals surface area contributed by atoms with Crippen LogP contribution in [0.25, 0.3) is 0 Å². The van der Waals surface area contributed by atoms with Crippen LogP contribution in [0.3, 0.4) is 0 Å². The molecule has 0 radical (unpaired) electrons. The van der Waals surface area contributed by atoms with Crippen molar-refractivity contribution in [2.45, 2.75) is 65.5 Å². The second-order valence-electron chi connectivity index (χ2n) is 10.2. The fourth-order valence-corrected chi connectivity index (χ4v) is 4.23. The number of amides is 1. The highest BCUT2D eigenvalue weighted by Gasteiger charge is 2.26. The summed E-state index contributed by atoms with van der Waals surface area (Å²) >= 11 is 0. The predicted molar refractivity (Wildman–Crippen MR) is 130 cm³/mol. The molecule has 1 fully saturated rings. The summed E-state index contributed by atoms with van der Waals surface area (Å²) in [6.45, 7) is 6.96. The van der Waals surface area contributed by atoms with Gasteiger partial charge in [0.05, 0.1) is 18.9 Å². The molecule has 1 aromatic rings. The maximum atomic E-state index is 12.8. The van der Waals surface area contributed by atoms with Gasteiger partial charge in [0, 0.05) is 25.2 Å². The van der Waals surface area contributed by atoms with Crippen LogP contribution in [-0.4, -0.2) is 71.7 Å². The fraction of sp³-hybridized carbons (Fsp3) is 0.640. The monoisotopic (exact) mass is 474 g/mol. The van der Waals surface area contributed by atoms with Crippen molar-refractivity contribution in [3.63, 3.8) is 0 Å². The van der Waals surface area contributed by atoms with Crippen LogP contribution in [0.2, 0.25) is 0 Å². The van der Waals surface area contributed by atoms with E-state index in [1.807, 2.05) is 26.8 Å². The molecule has 3 rings (SSSR count). The van der Waals surface area contributed by atoms with Gasteiger partial charge < -0.3 is 30.1 Å². The SMILES string of the molecule is CC(C)(C)COC(=O)CN1Cc2ccc(OCC(=O)N(CCO)C3CCCCC3)cc2N=C1N. The van der Waals surface area contributed by atoms with Crippen LogP contribution in [0.1, 0.15) is 58.4 Å². The van der Waals surface area contributed by atoms with Crippen LogP contribution in [0.4, 0.5) is 5.69 Å². The molecule has 1 saturated carbocycles. The van der Waals surface area contributed by atoms with Gasteiger partial charge >= 0.3 is 5.97 Å². The molecule has 9 heteroatoms. The largest absolute Gasteiger partial charge is 0.484 e. The van der Waals surface area contributed by atoms with Crippen LogP contribution < -0.4 is 10.5 Å². The number of hydrogen-bond acceptors (Lipinski definition) is 8. The van der Waals surface area contributed by atoms with Crippen LogP contribution in [0.5, 0.6) is 5.75 Å². The van der Waals surface area contributed by atoms with Crippen LogP contribution in [0.15, 0.2) is 23.2 Å². The van der Waals surface area contributed by atoms with Crippen molar-refractivity contribution in [2.75, 3.05) is 32.9 Å². The second-order valence-corrected chi connectivity index (χ2v) is 10.2. The first-order valence-electron chi connectivity index (χ1n) is 12.1. The maximum absolute atomic E-state index is 12.8. The maximum Gasteiger partial charge on any atom is 0.325 e. The molecule has 1 heterocycles. The van der Waals surface area contributed by atoms with Gasteiger partial charge in [-0.15, -0.1) is 0 Å². The van der Waals surface area contributed by atoms with Crippen molar-refractivity contribution < 1.29 is 24.2 Å². The minimum atomic E-state index is -0.347. The third kappa shape index (κ3) is 7.35. The van der Waals surface area contributed by atoms with Gasteiger partial charge in [0.15, 0.2) is 12.6 Å². The van der Waals surface area contributed by atoms with Crippen LogP contribution in [0, 0.1) is 5.41 Å². The fourth-order valence-electron chi connectivity index (χ4n) is 4.23. The lowest BCUT2D eigenvalue weighted by Gasteiger charge is -2.34. The number of benzene rings is 1. The van der Waals surface area contributed by atoms with Crippen molar-refractivity contribution >= 4 is 23.5 Å². The second kappa shape index (κ2) is 11.6. The Kier molecular flexibility index (Phi) is 8.77. The van der Waals surface area contributed by atoms with E-state index < -0.39 is 0 Å². The number of guanidine groups is 1. The standard InChI is InChI=1S/C25H38N4O5/c1-25(2,3)17-34-23(32)15-28-14-18-9-10-20(13-21(18)27-24(28)26)33-16-22(31)29(11-12-30)19-7-5-4-6-8-19/h9-10,13,19,30H,4-8,11-12,14-17H2,1-3H3,(H2,26,27). The minimum absolute atomic E-state index is 0.0272. The number of fused-ring (bicyclic) bond motifs is 1. The molecule has 3 N–H and O–H groups in total. The molecule has 1 aromatic carbocycles. The molecule has 0 spiro atoms. The van der Waals surface area contributed by atoms with Gasteiger partial charge in [-0.1, -0.05) is 46.1 Å². The highest BCUT2D eigenvalue weighted by molar-refractivity contribution is 5.87. The van der Waals surface area contributed by atoms with Gasteiger partial charge in [0.1, 0.15) is 12.3 Å². The summed E-state index contributed by atoms with van der Waals surface area (Å²) in [5, 5.41) is 9.41. The summed E-state index contributed by atoms with van der Waals surface area (Å²) in [5.41, 5.74) is 7.55. The van der Waals surface area contributed by atoms with E-state index in [9.17, 15) is 14.7 Å². The average Bonchev–Trinajstić information content (AvgIpc) is 2.80. The van der Waals surface area contributed by atoms with E-state index in [0.717, 1.165) is 31.2 Å². The number of rotatable bonds is 9. The molecule has 0 bridgehead atoms. The quantitative estimate of drug-likeness (QED) is 0.528. The molecule has 0 unspecified atom stereocenters. The molecule has 0 saturated heterocycles. The van der Waals surface area contributed by atoms with Gasteiger partial charge in [0.25, 0.3) is 5.91 Å². The molecule has 0 atom stereocenters. The Bertz CT molecular complexity index is 890. The van der Waals surface area contributed by atoms with Crippen molar-refractivity contribution in [1.29, 1.82) is 0 Å². The number of aliphatic imine (C=N–C) groups is 1. The Morgan fingerprint density at radius 2 is 1.97 bits per heavy atom. The lowest BCUT2D eigenvalue weighted by molar-refractivity contribution is -0.146. The minimum Gasteiger partial charge on any atom is -0.484 e. The van der Waals surface area contributed by atoms with Gasteiger partial charge in [-0.05, 0) is 29.9 Å². The number of nitrogens with two attached hydrogens (primary N) is 1. The third-order valence-corrected chi connectivity index (χ3v) is 6.00. The highest BCUT2D eigenvalue weighted by atomic mass is 16.5. The number of ether oxygens (including phenoxy) is 2. The number of aliphatic hydroxyl groups is 1.